The van der Waals surface area contributed by atoms with Crippen LogP contribution >= 0.6 is 0 Å². The molecule has 3 aromatic heterocycles. The SMILES string of the molecule is COc1ccc(CN2CCc3c(nc(-c4ccncc4)[nH]c3=O)C2)cc1Cn1cccn1. The molecular weight excluding hydrogens is 404 g/mol. The van der Waals surface area contributed by atoms with Crippen molar-refractivity contribution in [1.82, 2.24) is 29.6 Å². The Kier molecular flexibility index (Phi) is 5.51. The molecule has 32 heavy (non-hydrogen) atoms. The van der Waals surface area contributed by atoms with Crippen LogP contribution in [-0.2, 0) is 26.1 Å². The van der Waals surface area contributed by atoms with Crippen molar-refractivity contribution >= 4 is 0 Å². The van der Waals surface area contributed by atoms with Crippen LogP contribution < -0.4 is 10.3 Å². The lowest BCUT2D eigenvalue weighted by Crippen LogP contribution is -2.35. The van der Waals surface area contributed by atoms with Crippen LogP contribution in [0.1, 0.15) is 22.4 Å². The summed E-state index contributed by atoms with van der Waals surface area (Å²) in [6, 6.07) is 11.9. The van der Waals surface area contributed by atoms with Gasteiger partial charge in [-0.05, 0) is 42.3 Å². The summed E-state index contributed by atoms with van der Waals surface area (Å²) in [6.45, 7) is 2.87. The van der Waals surface area contributed by atoms with E-state index in [0.717, 1.165) is 41.2 Å². The van der Waals surface area contributed by atoms with Gasteiger partial charge in [0.2, 0.25) is 0 Å². The predicted molar refractivity (Wildman–Crippen MR) is 120 cm³/mol. The number of methoxy groups -OCH3 is 1. The lowest BCUT2D eigenvalue weighted by Gasteiger charge is -2.28. The number of hydrogen-bond acceptors (Lipinski definition) is 6. The molecule has 1 aromatic carbocycles. The van der Waals surface area contributed by atoms with E-state index in [9.17, 15) is 4.79 Å². The van der Waals surface area contributed by atoms with Gasteiger partial charge in [0.1, 0.15) is 11.6 Å². The maximum Gasteiger partial charge on any atom is 0.254 e. The number of H-pyrrole nitrogens is 1. The van der Waals surface area contributed by atoms with Gasteiger partial charge in [-0.2, -0.15) is 5.10 Å². The number of benzene rings is 1. The second-order valence-corrected chi connectivity index (χ2v) is 7.89. The lowest BCUT2D eigenvalue weighted by molar-refractivity contribution is 0.240. The Morgan fingerprint density at radius 3 is 2.78 bits per heavy atom. The first kappa shape index (κ1) is 20.1. The molecule has 1 N–H and O–H groups in total. The quantitative estimate of drug-likeness (QED) is 0.508. The van der Waals surface area contributed by atoms with E-state index in [-0.39, 0.29) is 5.56 Å². The maximum absolute atomic E-state index is 12.6. The first-order valence-corrected chi connectivity index (χ1v) is 10.6. The molecule has 4 heterocycles. The molecule has 8 nitrogen and oxygen atoms in total. The Balaban J connectivity index is 1.37. The van der Waals surface area contributed by atoms with Crippen LogP contribution in [0.5, 0.6) is 5.75 Å². The van der Waals surface area contributed by atoms with E-state index in [1.54, 1.807) is 25.7 Å². The third-order valence-corrected chi connectivity index (χ3v) is 5.75. The molecule has 1 aliphatic heterocycles. The molecule has 0 aliphatic carbocycles. The van der Waals surface area contributed by atoms with Crippen LogP contribution in [-0.4, -0.2) is 43.3 Å². The number of aromatic amines is 1. The average Bonchev–Trinajstić information content (AvgIpc) is 3.33. The molecule has 162 valence electrons. The number of pyridine rings is 1. The second kappa shape index (κ2) is 8.76. The second-order valence-electron chi connectivity index (χ2n) is 7.89. The Bertz CT molecular complexity index is 1270. The van der Waals surface area contributed by atoms with Crippen LogP contribution in [0.2, 0.25) is 0 Å². The molecule has 5 rings (SSSR count). The highest BCUT2D eigenvalue weighted by Gasteiger charge is 2.22. The Morgan fingerprint density at radius 1 is 1.12 bits per heavy atom. The Hall–Kier alpha value is -3.78. The van der Waals surface area contributed by atoms with Gasteiger partial charge >= 0.3 is 0 Å². The van der Waals surface area contributed by atoms with Crippen molar-refractivity contribution in [2.45, 2.75) is 26.1 Å². The van der Waals surface area contributed by atoms with E-state index < -0.39 is 0 Å². The van der Waals surface area contributed by atoms with Crippen LogP contribution in [0, 0.1) is 0 Å². The fourth-order valence-electron chi connectivity index (χ4n) is 4.16. The van der Waals surface area contributed by atoms with Gasteiger partial charge in [-0.3, -0.25) is 19.4 Å². The smallest absolute Gasteiger partial charge is 0.254 e. The molecule has 0 atom stereocenters. The van der Waals surface area contributed by atoms with Crippen molar-refractivity contribution in [2.24, 2.45) is 0 Å². The summed E-state index contributed by atoms with van der Waals surface area (Å²) in [5.74, 6) is 1.44. The topological polar surface area (TPSA) is 88.9 Å². The minimum absolute atomic E-state index is 0.0487. The van der Waals surface area contributed by atoms with Crippen LogP contribution in [0.25, 0.3) is 11.4 Å². The molecule has 0 unspecified atom stereocenters. The molecule has 0 radical (unpaired) electrons. The molecule has 0 saturated carbocycles. The van der Waals surface area contributed by atoms with Crippen molar-refractivity contribution in [2.75, 3.05) is 13.7 Å². The predicted octanol–water partition coefficient (Wildman–Crippen LogP) is 2.64. The summed E-state index contributed by atoms with van der Waals surface area (Å²) in [6.07, 6.45) is 7.80. The summed E-state index contributed by atoms with van der Waals surface area (Å²) in [7, 11) is 1.69. The Labute approximate surface area is 185 Å². The first-order chi connectivity index (χ1) is 15.7. The van der Waals surface area contributed by atoms with Crippen molar-refractivity contribution in [3.05, 3.63) is 93.9 Å². The van der Waals surface area contributed by atoms with Crippen LogP contribution in [0.3, 0.4) is 0 Å². The fourth-order valence-corrected chi connectivity index (χ4v) is 4.16. The molecule has 0 spiro atoms. The molecular formula is C24H24N6O2. The maximum atomic E-state index is 12.6. The number of nitrogens with one attached hydrogen (secondary N) is 1. The van der Waals surface area contributed by atoms with Gasteiger partial charge in [0.15, 0.2) is 0 Å². The molecule has 4 aromatic rings. The van der Waals surface area contributed by atoms with Gasteiger partial charge < -0.3 is 9.72 Å². The summed E-state index contributed by atoms with van der Waals surface area (Å²) < 4.78 is 7.43. The van der Waals surface area contributed by atoms with Crippen molar-refractivity contribution in [3.8, 4) is 17.1 Å². The summed E-state index contributed by atoms with van der Waals surface area (Å²) in [4.78, 5) is 26.7. The molecule has 0 saturated heterocycles. The van der Waals surface area contributed by atoms with Crippen molar-refractivity contribution in [1.29, 1.82) is 0 Å². The van der Waals surface area contributed by atoms with E-state index in [4.69, 9.17) is 9.72 Å². The van der Waals surface area contributed by atoms with Crippen molar-refractivity contribution < 1.29 is 4.74 Å². The van der Waals surface area contributed by atoms with Crippen LogP contribution in [0.15, 0.2) is 66.0 Å². The molecule has 0 bridgehead atoms. The zero-order valence-electron chi connectivity index (χ0n) is 17.9. The highest BCUT2D eigenvalue weighted by molar-refractivity contribution is 5.54. The van der Waals surface area contributed by atoms with E-state index in [1.807, 2.05) is 35.1 Å². The minimum Gasteiger partial charge on any atom is -0.496 e. The van der Waals surface area contributed by atoms with Crippen LogP contribution in [0.4, 0.5) is 0 Å². The van der Waals surface area contributed by atoms with E-state index >= 15 is 0 Å². The van der Waals surface area contributed by atoms with E-state index in [0.29, 0.717) is 25.3 Å². The zero-order chi connectivity index (χ0) is 21.9. The van der Waals surface area contributed by atoms with Gasteiger partial charge in [0, 0.05) is 61.1 Å². The number of rotatable bonds is 6. The Morgan fingerprint density at radius 2 is 2.00 bits per heavy atom. The number of fused-ring (bicyclic) bond motifs is 1. The lowest BCUT2D eigenvalue weighted by atomic mass is 10.0. The van der Waals surface area contributed by atoms with Gasteiger partial charge in [-0.15, -0.1) is 0 Å². The fraction of sp³-hybridized carbons (Fsp3) is 0.250. The highest BCUT2D eigenvalue weighted by atomic mass is 16.5. The van der Waals surface area contributed by atoms with Crippen molar-refractivity contribution in [3.63, 3.8) is 0 Å². The monoisotopic (exact) mass is 428 g/mol. The van der Waals surface area contributed by atoms with Gasteiger partial charge in [-0.1, -0.05) is 6.07 Å². The average molecular weight is 428 g/mol. The highest BCUT2D eigenvalue weighted by Crippen LogP contribution is 2.24. The van der Waals surface area contributed by atoms with Gasteiger partial charge in [0.05, 0.1) is 19.3 Å². The van der Waals surface area contributed by atoms with E-state index in [1.165, 1.54) is 5.56 Å². The molecule has 0 amide bonds. The zero-order valence-corrected chi connectivity index (χ0v) is 17.9. The standard InChI is InChI=1S/C24H24N6O2/c1-32-22-4-3-17(13-19(22)15-30-11-2-8-26-30)14-29-12-7-20-21(16-29)27-23(28-24(20)31)18-5-9-25-10-6-18/h2-6,8-11,13H,7,12,14-16H2,1H3,(H,27,28,31). The summed E-state index contributed by atoms with van der Waals surface area (Å²) >= 11 is 0. The summed E-state index contributed by atoms with van der Waals surface area (Å²) in [5.41, 5.74) is 4.71. The van der Waals surface area contributed by atoms with Gasteiger partial charge in [-0.25, -0.2) is 4.98 Å². The number of nitrogens with zero attached hydrogens (tertiary/aromatic N) is 5. The normalized spacial score (nSPS) is 13.7. The van der Waals surface area contributed by atoms with Gasteiger partial charge in [0.25, 0.3) is 5.56 Å². The largest absolute Gasteiger partial charge is 0.496 e. The first-order valence-electron chi connectivity index (χ1n) is 10.6. The molecule has 8 heteroatoms. The summed E-state index contributed by atoms with van der Waals surface area (Å²) in [5, 5.41) is 4.30. The number of ether oxygens (including phenoxy) is 1. The molecule has 0 fully saturated rings. The van der Waals surface area contributed by atoms with E-state index in [2.05, 4.69) is 32.1 Å². The third-order valence-electron chi connectivity index (χ3n) is 5.75. The minimum atomic E-state index is -0.0487. The third kappa shape index (κ3) is 4.17. The molecule has 1 aliphatic rings. The number of aromatic nitrogens is 5. The number of hydrogen-bond donors (Lipinski definition) is 1.